The number of aliphatic hydroxyl groups is 1. The first-order valence-corrected chi connectivity index (χ1v) is 7.44. The Balaban J connectivity index is 0.000000168. The maximum absolute atomic E-state index is 12.9. The van der Waals surface area contributed by atoms with Crippen molar-refractivity contribution in [1.82, 2.24) is 0 Å². The first-order chi connectivity index (χ1) is 10.9. The van der Waals surface area contributed by atoms with Crippen molar-refractivity contribution in [3.05, 3.63) is 70.5 Å². The van der Waals surface area contributed by atoms with E-state index in [1.54, 1.807) is 36.4 Å². The quantitative estimate of drug-likeness (QED) is 0.803. The highest BCUT2D eigenvalue weighted by Gasteiger charge is 2.34. The molecule has 0 aromatic heterocycles. The highest BCUT2D eigenvalue weighted by molar-refractivity contribution is 6.30. The molecular formula is C17H17ClFNO3. The first kappa shape index (κ1) is 17.4. The largest absolute Gasteiger partial charge is 0.479 e. The lowest BCUT2D eigenvalue weighted by atomic mass is 10.1. The van der Waals surface area contributed by atoms with E-state index in [1.807, 2.05) is 6.07 Å². The molecule has 3 atom stereocenters. The van der Waals surface area contributed by atoms with Crippen LogP contribution in [0.2, 0.25) is 5.02 Å². The molecular weight excluding hydrogens is 321 g/mol. The van der Waals surface area contributed by atoms with Crippen LogP contribution < -0.4 is 5.73 Å². The van der Waals surface area contributed by atoms with E-state index in [0.29, 0.717) is 11.5 Å². The molecule has 3 rings (SSSR count). The standard InChI is InChI=1S/C9H9ClFN.C8H8O3/c10-7-2-1-5(3-8(7)11)6-4-9(6)12;9-7(8(10)11)6-4-2-1-3-5-6/h1-3,6,9H,4,12H2;1-5,7,9H,(H,10,11)/t;7-/m.1/s1. The van der Waals surface area contributed by atoms with Crippen LogP contribution in [0.5, 0.6) is 0 Å². The zero-order chi connectivity index (χ0) is 17.0. The van der Waals surface area contributed by atoms with Crippen molar-refractivity contribution < 1.29 is 19.4 Å². The number of aliphatic carboxylic acids is 1. The molecule has 1 aliphatic carbocycles. The summed E-state index contributed by atoms with van der Waals surface area (Å²) in [4.78, 5) is 10.2. The van der Waals surface area contributed by atoms with Crippen LogP contribution in [0.4, 0.5) is 4.39 Å². The van der Waals surface area contributed by atoms with Crippen LogP contribution in [-0.2, 0) is 4.79 Å². The van der Waals surface area contributed by atoms with Gasteiger partial charge in [0.2, 0.25) is 0 Å². The molecule has 122 valence electrons. The van der Waals surface area contributed by atoms with Crippen LogP contribution in [-0.4, -0.2) is 22.2 Å². The maximum Gasteiger partial charge on any atom is 0.337 e. The Kier molecular flexibility index (Phi) is 5.71. The Labute approximate surface area is 138 Å². The van der Waals surface area contributed by atoms with E-state index in [2.05, 4.69) is 0 Å². The predicted molar refractivity (Wildman–Crippen MR) is 85.8 cm³/mol. The monoisotopic (exact) mass is 337 g/mol. The molecule has 23 heavy (non-hydrogen) atoms. The van der Waals surface area contributed by atoms with Crippen molar-refractivity contribution in [3.8, 4) is 0 Å². The van der Waals surface area contributed by atoms with E-state index < -0.39 is 12.1 Å². The van der Waals surface area contributed by atoms with E-state index in [9.17, 15) is 9.18 Å². The van der Waals surface area contributed by atoms with Gasteiger partial charge in [-0.05, 0) is 29.7 Å². The summed E-state index contributed by atoms with van der Waals surface area (Å²) < 4.78 is 12.9. The van der Waals surface area contributed by atoms with E-state index in [-0.39, 0.29) is 16.9 Å². The number of nitrogens with two attached hydrogens (primary N) is 1. The van der Waals surface area contributed by atoms with Gasteiger partial charge in [0, 0.05) is 12.0 Å². The van der Waals surface area contributed by atoms with Crippen molar-refractivity contribution in [2.75, 3.05) is 0 Å². The molecule has 0 radical (unpaired) electrons. The molecule has 1 aliphatic rings. The number of benzene rings is 2. The van der Waals surface area contributed by atoms with Gasteiger partial charge in [0.05, 0.1) is 5.02 Å². The van der Waals surface area contributed by atoms with Crippen molar-refractivity contribution in [3.63, 3.8) is 0 Å². The number of carboxylic acid groups (broad SMARTS) is 1. The summed E-state index contributed by atoms with van der Waals surface area (Å²) in [5.41, 5.74) is 7.00. The van der Waals surface area contributed by atoms with E-state index in [4.69, 9.17) is 27.5 Å². The molecule has 0 saturated heterocycles. The Morgan fingerprint density at radius 2 is 1.87 bits per heavy atom. The van der Waals surface area contributed by atoms with Crippen LogP contribution in [0, 0.1) is 5.82 Å². The summed E-state index contributed by atoms with van der Waals surface area (Å²) in [5, 5.41) is 17.6. The number of carboxylic acids is 1. The summed E-state index contributed by atoms with van der Waals surface area (Å²) in [6.07, 6.45) is -0.447. The Hall–Kier alpha value is -1.95. The molecule has 0 bridgehead atoms. The van der Waals surface area contributed by atoms with Gasteiger partial charge in [-0.2, -0.15) is 0 Å². The fourth-order valence-electron chi connectivity index (χ4n) is 2.12. The molecule has 0 spiro atoms. The minimum absolute atomic E-state index is 0.174. The molecule has 4 N–H and O–H groups in total. The second-order valence-electron chi connectivity index (χ2n) is 5.33. The average molecular weight is 338 g/mol. The highest BCUT2D eigenvalue weighted by Crippen LogP contribution is 2.39. The Morgan fingerprint density at radius 1 is 1.26 bits per heavy atom. The summed E-state index contributed by atoms with van der Waals surface area (Å²) in [6, 6.07) is 13.4. The molecule has 1 fully saturated rings. The lowest BCUT2D eigenvalue weighted by Crippen LogP contribution is -2.09. The topological polar surface area (TPSA) is 83.6 Å². The molecule has 0 aliphatic heterocycles. The molecule has 2 aromatic rings. The van der Waals surface area contributed by atoms with Gasteiger partial charge < -0.3 is 15.9 Å². The Morgan fingerprint density at radius 3 is 2.35 bits per heavy atom. The number of halogens is 2. The summed E-state index contributed by atoms with van der Waals surface area (Å²) in [7, 11) is 0. The molecule has 2 aromatic carbocycles. The first-order valence-electron chi connectivity index (χ1n) is 7.06. The summed E-state index contributed by atoms with van der Waals surface area (Å²) >= 11 is 5.54. The van der Waals surface area contributed by atoms with Crippen LogP contribution in [0.25, 0.3) is 0 Å². The molecule has 1 saturated carbocycles. The van der Waals surface area contributed by atoms with Gasteiger partial charge in [-0.25, -0.2) is 9.18 Å². The lowest BCUT2D eigenvalue weighted by Gasteiger charge is -2.03. The molecule has 6 heteroatoms. The molecule has 2 unspecified atom stereocenters. The van der Waals surface area contributed by atoms with Gasteiger partial charge in [0.15, 0.2) is 6.10 Å². The van der Waals surface area contributed by atoms with Crippen molar-refractivity contribution in [2.45, 2.75) is 24.5 Å². The van der Waals surface area contributed by atoms with Crippen molar-refractivity contribution in [1.29, 1.82) is 0 Å². The number of aliphatic hydroxyl groups excluding tert-OH is 1. The summed E-state index contributed by atoms with van der Waals surface area (Å²) in [5.74, 6) is -1.23. The predicted octanol–water partition coefficient (Wildman–Crippen LogP) is 3.10. The second kappa shape index (κ2) is 7.55. The molecule has 4 nitrogen and oxygen atoms in total. The normalized spacial score (nSPS) is 20.2. The third kappa shape index (κ3) is 4.76. The smallest absolute Gasteiger partial charge is 0.337 e. The van der Waals surface area contributed by atoms with E-state index >= 15 is 0 Å². The van der Waals surface area contributed by atoms with Crippen LogP contribution in [0.3, 0.4) is 0 Å². The van der Waals surface area contributed by atoms with Gasteiger partial charge in [-0.15, -0.1) is 0 Å². The molecule has 0 amide bonds. The van der Waals surface area contributed by atoms with E-state index in [0.717, 1.165) is 12.0 Å². The third-order valence-corrected chi connectivity index (χ3v) is 3.87. The van der Waals surface area contributed by atoms with Crippen molar-refractivity contribution in [2.24, 2.45) is 5.73 Å². The van der Waals surface area contributed by atoms with Crippen LogP contribution in [0.1, 0.15) is 29.6 Å². The van der Waals surface area contributed by atoms with Gasteiger partial charge in [0.25, 0.3) is 0 Å². The fourth-order valence-corrected chi connectivity index (χ4v) is 2.24. The van der Waals surface area contributed by atoms with E-state index in [1.165, 1.54) is 6.07 Å². The Bertz CT molecular complexity index is 681. The van der Waals surface area contributed by atoms with Gasteiger partial charge >= 0.3 is 5.97 Å². The highest BCUT2D eigenvalue weighted by atomic mass is 35.5. The maximum atomic E-state index is 12.9. The van der Waals surface area contributed by atoms with Gasteiger partial charge in [-0.3, -0.25) is 0 Å². The van der Waals surface area contributed by atoms with Gasteiger partial charge in [-0.1, -0.05) is 48.0 Å². The number of hydrogen-bond donors (Lipinski definition) is 3. The second-order valence-corrected chi connectivity index (χ2v) is 5.74. The molecule has 0 heterocycles. The number of hydrogen-bond acceptors (Lipinski definition) is 3. The third-order valence-electron chi connectivity index (χ3n) is 3.56. The minimum Gasteiger partial charge on any atom is -0.479 e. The van der Waals surface area contributed by atoms with Crippen LogP contribution >= 0.6 is 11.6 Å². The zero-order valence-electron chi connectivity index (χ0n) is 12.2. The zero-order valence-corrected chi connectivity index (χ0v) is 12.9. The fraction of sp³-hybridized carbons (Fsp3) is 0.235. The van der Waals surface area contributed by atoms with Crippen molar-refractivity contribution >= 4 is 17.6 Å². The average Bonchev–Trinajstić information content (AvgIpc) is 3.27. The van der Waals surface area contributed by atoms with Gasteiger partial charge in [0.1, 0.15) is 5.82 Å². The van der Waals surface area contributed by atoms with Crippen LogP contribution in [0.15, 0.2) is 48.5 Å². The summed E-state index contributed by atoms with van der Waals surface area (Å²) in [6.45, 7) is 0. The number of carbonyl (C=O) groups is 1. The number of rotatable bonds is 3. The lowest BCUT2D eigenvalue weighted by molar-refractivity contribution is -0.146. The minimum atomic E-state index is -1.41. The SMILES string of the molecule is NC1CC1c1ccc(Cl)c(F)c1.O=C(O)[C@H](O)c1ccccc1.